The van der Waals surface area contributed by atoms with E-state index in [9.17, 15) is 19.7 Å². The molecular formula is C19H18Br2N2O7. The first-order valence-electron chi connectivity index (χ1n) is 8.50. The number of hydrogen-bond donors (Lipinski definition) is 2. The van der Waals surface area contributed by atoms with E-state index in [1.54, 1.807) is 20.8 Å². The number of halogens is 2. The number of nitro benzene ring substituents is 1. The molecule has 0 saturated carbocycles. The van der Waals surface area contributed by atoms with Gasteiger partial charge < -0.3 is 19.9 Å². The summed E-state index contributed by atoms with van der Waals surface area (Å²) in [6, 6.07) is 7.10. The molecule has 160 valence electrons. The molecule has 2 aromatic carbocycles. The summed E-state index contributed by atoms with van der Waals surface area (Å²) in [4.78, 5) is 33.7. The third-order valence-electron chi connectivity index (χ3n) is 3.65. The van der Waals surface area contributed by atoms with E-state index in [1.165, 1.54) is 30.3 Å². The van der Waals surface area contributed by atoms with Gasteiger partial charge in [-0.05, 0) is 56.1 Å². The van der Waals surface area contributed by atoms with Crippen LogP contribution in [-0.2, 0) is 9.59 Å². The minimum absolute atomic E-state index is 0.0582. The predicted molar refractivity (Wildman–Crippen MR) is 116 cm³/mol. The van der Waals surface area contributed by atoms with Crippen LogP contribution < -0.4 is 14.8 Å². The lowest BCUT2D eigenvalue weighted by molar-refractivity contribution is -0.384. The van der Waals surface area contributed by atoms with Gasteiger partial charge in [-0.2, -0.15) is 0 Å². The summed E-state index contributed by atoms with van der Waals surface area (Å²) in [5, 5.41) is 22.7. The lowest BCUT2D eigenvalue weighted by Gasteiger charge is -2.18. The first kappa shape index (κ1) is 23.6. The maximum atomic E-state index is 12.2. The molecule has 1 amide bonds. The molecule has 0 bridgehead atoms. The fourth-order valence-corrected chi connectivity index (χ4v) is 3.43. The SMILES string of the molecule is CC(C)(C)C(=O)Nc1ccc(Oc2c(Br)cc(OCC(=O)O)cc2Br)cc1[N+](=O)[O-]. The molecule has 0 fully saturated rings. The van der Waals surface area contributed by atoms with Gasteiger partial charge in [-0.15, -0.1) is 0 Å². The smallest absolute Gasteiger partial charge is 0.341 e. The average Bonchev–Trinajstić information content (AvgIpc) is 2.63. The van der Waals surface area contributed by atoms with Crippen molar-refractivity contribution in [2.45, 2.75) is 20.8 Å². The number of aliphatic carboxylic acids is 1. The highest BCUT2D eigenvalue weighted by Crippen LogP contribution is 2.41. The topological polar surface area (TPSA) is 128 Å². The number of nitro groups is 1. The van der Waals surface area contributed by atoms with Gasteiger partial charge in [0.25, 0.3) is 5.69 Å². The van der Waals surface area contributed by atoms with Gasteiger partial charge in [0.1, 0.15) is 17.2 Å². The Hall–Kier alpha value is -2.66. The van der Waals surface area contributed by atoms with Crippen LogP contribution in [0.3, 0.4) is 0 Å². The van der Waals surface area contributed by atoms with Crippen LogP contribution in [0, 0.1) is 15.5 Å². The molecule has 0 spiro atoms. The number of benzene rings is 2. The summed E-state index contributed by atoms with van der Waals surface area (Å²) >= 11 is 6.61. The number of anilines is 1. The monoisotopic (exact) mass is 544 g/mol. The standard InChI is InChI=1S/C19H18Br2N2O7/c1-19(2,3)18(26)22-14-5-4-10(8-15(14)23(27)28)30-17-12(20)6-11(7-13(17)21)29-9-16(24)25/h4-8H,9H2,1-3H3,(H,22,26)(H,24,25). The molecule has 0 unspecified atom stereocenters. The fraction of sp³-hybridized carbons (Fsp3) is 0.263. The van der Waals surface area contributed by atoms with Crippen molar-refractivity contribution in [1.29, 1.82) is 0 Å². The van der Waals surface area contributed by atoms with Crippen molar-refractivity contribution in [3.63, 3.8) is 0 Å². The Balaban J connectivity index is 2.31. The van der Waals surface area contributed by atoms with Crippen LogP contribution in [0.5, 0.6) is 17.2 Å². The zero-order valence-corrected chi connectivity index (χ0v) is 19.4. The number of carbonyl (C=O) groups is 2. The van der Waals surface area contributed by atoms with Crippen molar-refractivity contribution in [1.82, 2.24) is 0 Å². The molecule has 0 aromatic heterocycles. The second kappa shape index (κ2) is 9.43. The van der Waals surface area contributed by atoms with E-state index in [4.69, 9.17) is 14.6 Å². The summed E-state index contributed by atoms with van der Waals surface area (Å²) in [6.45, 7) is 4.59. The summed E-state index contributed by atoms with van der Waals surface area (Å²) in [5.74, 6) is -0.723. The molecule has 2 N–H and O–H groups in total. The molecule has 0 aliphatic rings. The number of carboxylic acids is 1. The van der Waals surface area contributed by atoms with Crippen LogP contribution in [0.2, 0.25) is 0 Å². The molecule has 11 heteroatoms. The van der Waals surface area contributed by atoms with Crippen molar-refractivity contribution in [2.75, 3.05) is 11.9 Å². The van der Waals surface area contributed by atoms with Crippen LogP contribution in [0.15, 0.2) is 39.3 Å². The van der Waals surface area contributed by atoms with Gasteiger partial charge in [0.15, 0.2) is 12.4 Å². The quantitative estimate of drug-likeness (QED) is 0.354. The van der Waals surface area contributed by atoms with Crippen LogP contribution in [0.4, 0.5) is 11.4 Å². The van der Waals surface area contributed by atoms with Crippen molar-refractivity contribution in [3.05, 3.63) is 49.4 Å². The molecule has 30 heavy (non-hydrogen) atoms. The van der Waals surface area contributed by atoms with E-state index in [0.29, 0.717) is 14.7 Å². The van der Waals surface area contributed by atoms with Crippen LogP contribution in [0.1, 0.15) is 20.8 Å². The molecule has 0 atom stereocenters. The van der Waals surface area contributed by atoms with E-state index >= 15 is 0 Å². The van der Waals surface area contributed by atoms with Gasteiger partial charge in [0.05, 0.1) is 19.9 Å². The van der Waals surface area contributed by atoms with Crippen LogP contribution in [-0.4, -0.2) is 28.5 Å². The molecule has 0 aliphatic carbocycles. The normalized spacial score (nSPS) is 11.0. The number of rotatable bonds is 7. The lowest BCUT2D eigenvalue weighted by Crippen LogP contribution is -2.27. The molecule has 0 saturated heterocycles. The van der Waals surface area contributed by atoms with Crippen molar-refractivity contribution in [2.24, 2.45) is 5.41 Å². The van der Waals surface area contributed by atoms with Crippen LogP contribution >= 0.6 is 31.9 Å². The lowest BCUT2D eigenvalue weighted by atomic mass is 9.95. The van der Waals surface area contributed by atoms with Gasteiger partial charge in [-0.1, -0.05) is 20.8 Å². The number of ether oxygens (including phenoxy) is 2. The van der Waals surface area contributed by atoms with Gasteiger partial charge in [0.2, 0.25) is 5.91 Å². The Morgan fingerprint density at radius 2 is 1.73 bits per heavy atom. The van der Waals surface area contributed by atoms with Gasteiger partial charge in [-0.25, -0.2) is 4.79 Å². The Morgan fingerprint density at radius 3 is 2.23 bits per heavy atom. The highest BCUT2D eigenvalue weighted by Gasteiger charge is 2.25. The number of nitrogens with zero attached hydrogens (tertiary/aromatic N) is 1. The summed E-state index contributed by atoms with van der Waals surface area (Å²) in [6.07, 6.45) is 0. The highest BCUT2D eigenvalue weighted by atomic mass is 79.9. The van der Waals surface area contributed by atoms with Gasteiger partial charge >= 0.3 is 5.97 Å². The van der Waals surface area contributed by atoms with E-state index in [2.05, 4.69) is 37.2 Å². The predicted octanol–water partition coefficient (Wildman–Crippen LogP) is 5.36. The Kier molecular flexibility index (Phi) is 7.43. The second-order valence-electron chi connectivity index (χ2n) is 7.14. The number of amides is 1. The first-order valence-corrected chi connectivity index (χ1v) is 10.1. The Bertz CT molecular complexity index is 980. The molecule has 0 heterocycles. The first-order chi connectivity index (χ1) is 13.9. The van der Waals surface area contributed by atoms with Crippen molar-refractivity contribution < 1.29 is 29.1 Å². The largest absolute Gasteiger partial charge is 0.482 e. The van der Waals surface area contributed by atoms with E-state index < -0.39 is 22.9 Å². The van der Waals surface area contributed by atoms with E-state index in [-0.39, 0.29) is 28.8 Å². The maximum absolute atomic E-state index is 12.2. The third-order valence-corrected chi connectivity index (χ3v) is 4.83. The Morgan fingerprint density at radius 1 is 1.13 bits per heavy atom. The van der Waals surface area contributed by atoms with Crippen LogP contribution in [0.25, 0.3) is 0 Å². The summed E-state index contributed by atoms with van der Waals surface area (Å²) in [5.41, 5.74) is -0.981. The third kappa shape index (κ3) is 6.17. The summed E-state index contributed by atoms with van der Waals surface area (Å²) in [7, 11) is 0. The zero-order valence-electron chi connectivity index (χ0n) is 16.2. The minimum atomic E-state index is -1.12. The van der Waals surface area contributed by atoms with Gasteiger partial charge in [0, 0.05) is 5.41 Å². The molecule has 0 aliphatic heterocycles. The molecule has 2 rings (SSSR count). The number of nitrogens with one attached hydrogen (secondary N) is 1. The average molecular weight is 546 g/mol. The number of hydrogen-bond acceptors (Lipinski definition) is 6. The molecule has 0 radical (unpaired) electrons. The second-order valence-corrected chi connectivity index (χ2v) is 8.85. The number of carboxylic acid groups (broad SMARTS) is 1. The summed E-state index contributed by atoms with van der Waals surface area (Å²) < 4.78 is 11.7. The molecule has 2 aromatic rings. The molecule has 9 nitrogen and oxygen atoms in total. The van der Waals surface area contributed by atoms with E-state index in [0.717, 1.165) is 0 Å². The van der Waals surface area contributed by atoms with Crippen molar-refractivity contribution in [3.8, 4) is 17.2 Å². The minimum Gasteiger partial charge on any atom is -0.482 e. The zero-order chi connectivity index (χ0) is 22.6. The van der Waals surface area contributed by atoms with E-state index in [1.807, 2.05) is 0 Å². The fourth-order valence-electron chi connectivity index (χ4n) is 2.12. The number of carbonyl (C=O) groups excluding carboxylic acids is 1. The van der Waals surface area contributed by atoms with Crippen molar-refractivity contribution >= 4 is 55.1 Å². The highest BCUT2D eigenvalue weighted by molar-refractivity contribution is 9.11. The Labute approximate surface area is 188 Å². The van der Waals surface area contributed by atoms with Gasteiger partial charge in [-0.3, -0.25) is 14.9 Å². The maximum Gasteiger partial charge on any atom is 0.341 e. The molecular weight excluding hydrogens is 528 g/mol.